The molecule has 0 radical (unpaired) electrons. The maximum absolute atomic E-state index is 12.7. The third-order valence-corrected chi connectivity index (χ3v) is 4.91. The molecule has 0 aliphatic rings. The highest BCUT2D eigenvalue weighted by atomic mass is 16.3. The van der Waals surface area contributed by atoms with Gasteiger partial charge in [-0.05, 0) is 59.9 Å². The Labute approximate surface area is 176 Å². The molecule has 0 unspecified atom stereocenters. The minimum Gasteiger partial charge on any atom is -0.508 e. The molecule has 0 bridgehead atoms. The molecule has 5 heteroatoms. The normalized spacial score (nSPS) is 11.1. The smallest absolute Gasteiger partial charge is 0.255 e. The Morgan fingerprint density at radius 3 is 1.77 bits per heavy atom. The number of carbonyl (C=O) groups excluding carboxylic acids is 2. The number of aromatic hydroxyl groups is 1. The largest absolute Gasteiger partial charge is 0.508 e. The van der Waals surface area contributed by atoms with E-state index in [-0.39, 0.29) is 23.0 Å². The summed E-state index contributed by atoms with van der Waals surface area (Å²) in [6, 6.07) is 19.2. The van der Waals surface area contributed by atoms with E-state index in [1.54, 1.807) is 55.5 Å². The van der Waals surface area contributed by atoms with Gasteiger partial charge in [0.2, 0.25) is 0 Å². The van der Waals surface area contributed by atoms with E-state index in [0.29, 0.717) is 28.1 Å². The first-order valence-corrected chi connectivity index (χ1v) is 9.77. The van der Waals surface area contributed by atoms with Gasteiger partial charge in [0.05, 0.1) is 11.4 Å². The van der Waals surface area contributed by atoms with Gasteiger partial charge in [-0.15, -0.1) is 0 Å². The third-order valence-electron chi connectivity index (χ3n) is 4.91. The lowest BCUT2D eigenvalue weighted by Gasteiger charge is -2.19. The Morgan fingerprint density at radius 2 is 1.27 bits per heavy atom. The van der Waals surface area contributed by atoms with E-state index in [0.717, 1.165) is 5.56 Å². The minimum atomic E-state index is -0.374. The predicted octanol–water partition coefficient (Wildman–Crippen LogP) is 5.50. The highest BCUT2D eigenvalue weighted by molar-refractivity contribution is 6.10. The van der Waals surface area contributed by atoms with Crippen molar-refractivity contribution in [3.63, 3.8) is 0 Å². The zero-order valence-electron chi connectivity index (χ0n) is 17.6. The molecule has 0 heterocycles. The number of carbonyl (C=O) groups is 2. The SMILES string of the molecule is Cc1ccc(C(=O)Nc2ccccc2NC(=O)c2ccc(C(C)(C)C)cc2)cc1O. The highest BCUT2D eigenvalue weighted by Crippen LogP contribution is 2.25. The second kappa shape index (κ2) is 8.41. The molecule has 3 aromatic carbocycles. The lowest BCUT2D eigenvalue weighted by atomic mass is 9.87. The summed E-state index contributed by atoms with van der Waals surface area (Å²) >= 11 is 0. The van der Waals surface area contributed by atoms with Crippen LogP contribution in [0.25, 0.3) is 0 Å². The Kier molecular flexibility index (Phi) is 5.92. The van der Waals surface area contributed by atoms with Gasteiger partial charge in [-0.2, -0.15) is 0 Å². The molecule has 5 nitrogen and oxygen atoms in total. The van der Waals surface area contributed by atoms with Gasteiger partial charge >= 0.3 is 0 Å². The van der Waals surface area contributed by atoms with E-state index >= 15 is 0 Å². The zero-order chi connectivity index (χ0) is 21.9. The second-order valence-corrected chi connectivity index (χ2v) is 8.28. The van der Waals surface area contributed by atoms with Crippen LogP contribution < -0.4 is 10.6 Å². The van der Waals surface area contributed by atoms with Crippen molar-refractivity contribution in [2.24, 2.45) is 0 Å². The average Bonchev–Trinajstić information content (AvgIpc) is 2.71. The number of anilines is 2. The number of amides is 2. The van der Waals surface area contributed by atoms with Gasteiger partial charge in [0.15, 0.2) is 0 Å². The first-order valence-electron chi connectivity index (χ1n) is 9.77. The van der Waals surface area contributed by atoms with Crippen molar-refractivity contribution in [2.45, 2.75) is 33.1 Å². The van der Waals surface area contributed by atoms with E-state index in [1.807, 2.05) is 12.1 Å². The number of hydrogen-bond acceptors (Lipinski definition) is 3. The van der Waals surface area contributed by atoms with Crippen molar-refractivity contribution < 1.29 is 14.7 Å². The zero-order valence-corrected chi connectivity index (χ0v) is 17.6. The second-order valence-electron chi connectivity index (χ2n) is 8.28. The van der Waals surface area contributed by atoms with E-state index in [2.05, 4.69) is 31.4 Å². The molecule has 0 fully saturated rings. The van der Waals surface area contributed by atoms with Crippen LogP contribution in [0.1, 0.15) is 52.6 Å². The summed E-state index contributed by atoms with van der Waals surface area (Å²) in [6.07, 6.45) is 0. The average molecular weight is 402 g/mol. The molecule has 0 aliphatic carbocycles. The number of rotatable bonds is 4. The van der Waals surface area contributed by atoms with Crippen LogP contribution in [0.3, 0.4) is 0 Å². The molecular weight excluding hydrogens is 376 g/mol. The maximum atomic E-state index is 12.7. The Hall–Kier alpha value is -3.60. The van der Waals surface area contributed by atoms with Gasteiger partial charge in [-0.25, -0.2) is 0 Å². The van der Waals surface area contributed by atoms with Crippen molar-refractivity contribution in [2.75, 3.05) is 10.6 Å². The number of benzene rings is 3. The molecular formula is C25H26N2O3. The Balaban J connectivity index is 1.77. The Morgan fingerprint density at radius 1 is 0.767 bits per heavy atom. The van der Waals surface area contributed by atoms with Crippen molar-refractivity contribution in [1.82, 2.24) is 0 Å². The van der Waals surface area contributed by atoms with E-state index in [1.165, 1.54) is 6.07 Å². The van der Waals surface area contributed by atoms with Crippen LogP contribution in [0.4, 0.5) is 11.4 Å². The highest BCUT2D eigenvalue weighted by Gasteiger charge is 2.16. The van der Waals surface area contributed by atoms with Crippen LogP contribution in [0, 0.1) is 6.92 Å². The van der Waals surface area contributed by atoms with Gasteiger partial charge in [-0.1, -0.05) is 51.1 Å². The summed E-state index contributed by atoms with van der Waals surface area (Å²) in [5, 5.41) is 15.5. The number of aryl methyl sites for hydroxylation is 1. The number of para-hydroxylation sites is 2. The molecule has 3 N–H and O–H groups in total. The van der Waals surface area contributed by atoms with E-state index in [4.69, 9.17) is 0 Å². The first kappa shape index (κ1) is 21.1. The van der Waals surface area contributed by atoms with Crippen molar-refractivity contribution in [3.8, 4) is 5.75 Å². The molecule has 3 rings (SSSR count). The molecule has 0 aromatic heterocycles. The minimum absolute atomic E-state index is 0.0102. The summed E-state index contributed by atoms with van der Waals surface area (Å²) < 4.78 is 0. The van der Waals surface area contributed by atoms with E-state index in [9.17, 15) is 14.7 Å². The summed E-state index contributed by atoms with van der Waals surface area (Å²) in [4.78, 5) is 25.3. The van der Waals surface area contributed by atoms with Crippen LogP contribution >= 0.6 is 0 Å². The van der Waals surface area contributed by atoms with Crippen LogP contribution in [0.5, 0.6) is 5.75 Å². The molecule has 2 amide bonds. The lowest BCUT2D eigenvalue weighted by Crippen LogP contribution is -2.17. The summed E-state index contributed by atoms with van der Waals surface area (Å²) in [5.74, 6) is -0.574. The third kappa shape index (κ3) is 4.87. The van der Waals surface area contributed by atoms with Gasteiger partial charge in [0, 0.05) is 11.1 Å². The number of hydrogen-bond donors (Lipinski definition) is 3. The molecule has 0 saturated carbocycles. The fourth-order valence-electron chi connectivity index (χ4n) is 2.96. The summed E-state index contributed by atoms with van der Waals surface area (Å²) in [6.45, 7) is 8.12. The molecule has 30 heavy (non-hydrogen) atoms. The molecule has 154 valence electrons. The monoisotopic (exact) mass is 402 g/mol. The van der Waals surface area contributed by atoms with Gasteiger partial charge in [-0.3, -0.25) is 9.59 Å². The van der Waals surface area contributed by atoms with Crippen LogP contribution in [-0.2, 0) is 5.41 Å². The van der Waals surface area contributed by atoms with Crippen molar-refractivity contribution >= 4 is 23.2 Å². The van der Waals surface area contributed by atoms with Crippen LogP contribution in [0.15, 0.2) is 66.7 Å². The van der Waals surface area contributed by atoms with Crippen molar-refractivity contribution in [1.29, 1.82) is 0 Å². The number of nitrogens with one attached hydrogen (secondary N) is 2. The molecule has 0 atom stereocenters. The fraction of sp³-hybridized carbons (Fsp3) is 0.200. The lowest BCUT2D eigenvalue weighted by molar-refractivity contribution is 0.101. The van der Waals surface area contributed by atoms with Crippen LogP contribution in [0.2, 0.25) is 0 Å². The maximum Gasteiger partial charge on any atom is 0.255 e. The predicted molar refractivity (Wildman–Crippen MR) is 120 cm³/mol. The van der Waals surface area contributed by atoms with Gasteiger partial charge in [0.25, 0.3) is 11.8 Å². The van der Waals surface area contributed by atoms with Gasteiger partial charge < -0.3 is 15.7 Å². The molecule has 0 saturated heterocycles. The molecule has 3 aromatic rings. The molecule has 0 spiro atoms. The fourth-order valence-corrected chi connectivity index (χ4v) is 2.96. The number of phenols is 1. The van der Waals surface area contributed by atoms with Gasteiger partial charge in [0.1, 0.15) is 5.75 Å². The topological polar surface area (TPSA) is 78.4 Å². The summed E-state index contributed by atoms with van der Waals surface area (Å²) in [5.41, 5.74) is 3.68. The van der Waals surface area contributed by atoms with E-state index < -0.39 is 0 Å². The first-order chi connectivity index (χ1) is 14.1. The number of phenolic OH excluding ortho intramolecular Hbond substituents is 1. The summed E-state index contributed by atoms with van der Waals surface area (Å²) in [7, 11) is 0. The Bertz CT molecular complexity index is 1080. The molecule has 0 aliphatic heterocycles. The van der Waals surface area contributed by atoms with Crippen molar-refractivity contribution in [3.05, 3.63) is 89.0 Å². The standard InChI is InChI=1S/C25H26N2O3/c1-16-9-10-18(15-22(16)28)24(30)27-21-8-6-5-7-20(21)26-23(29)17-11-13-19(14-12-17)25(2,3)4/h5-15,28H,1-4H3,(H,26,29)(H,27,30). The van der Waals surface area contributed by atoms with Crippen LogP contribution in [-0.4, -0.2) is 16.9 Å². The quantitative estimate of drug-likeness (QED) is 0.539.